The molecule has 0 saturated heterocycles. The zero-order valence-corrected chi connectivity index (χ0v) is 7.36. The highest BCUT2D eigenvalue weighted by Crippen LogP contribution is 1.96. The summed E-state index contributed by atoms with van der Waals surface area (Å²) < 4.78 is 2.75. The zero-order chi connectivity index (χ0) is 7.82. The van der Waals surface area contributed by atoms with Crippen molar-refractivity contribution in [3.63, 3.8) is 0 Å². The summed E-state index contributed by atoms with van der Waals surface area (Å²) in [6.45, 7) is 2.57. The number of rotatable bonds is 5. The molecule has 0 unspecified atom stereocenters. The fraction of sp³-hybridized carbons (Fsp3) is 0.400. The molecule has 0 bridgehead atoms. The first-order valence-electron chi connectivity index (χ1n) is 2.78. The lowest BCUT2D eigenvalue weighted by molar-refractivity contribution is -0.115. The Bertz CT molecular complexity index is 118. The molecular formula is C5H10N2OS2. The van der Waals surface area contributed by atoms with Crippen molar-refractivity contribution in [3.8, 4) is 0 Å². The van der Waals surface area contributed by atoms with Crippen molar-refractivity contribution >= 4 is 29.1 Å². The lowest BCUT2D eigenvalue weighted by Crippen LogP contribution is -2.13. The number of carbonyl (C=O) groups is 1. The van der Waals surface area contributed by atoms with E-state index in [0.29, 0.717) is 6.54 Å². The van der Waals surface area contributed by atoms with Crippen molar-refractivity contribution in [2.45, 2.75) is 6.92 Å². The molecule has 1 amide bonds. The molecule has 0 heterocycles. The molecule has 1 N–H and O–H groups in total. The van der Waals surface area contributed by atoms with Crippen LogP contribution in [0.3, 0.4) is 0 Å². The van der Waals surface area contributed by atoms with Gasteiger partial charge in [0.05, 0.1) is 0 Å². The first-order chi connectivity index (χ1) is 4.85. The van der Waals surface area contributed by atoms with Crippen LogP contribution in [0.4, 0.5) is 0 Å². The highest BCUT2D eigenvalue weighted by atomic mass is 33.1. The van der Waals surface area contributed by atoms with E-state index in [1.165, 1.54) is 15.9 Å². The second-order valence-corrected chi connectivity index (χ2v) is 2.43. The molecule has 0 radical (unpaired) electrons. The fourth-order valence-corrected chi connectivity index (χ4v) is 0.676. The number of hydrogen-bond donors (Lipinski definition) is 2. The van der Waals surface area contributed by atoms with E-state index < -0.39 is 0 Å². The molecule has 10 heavy (non-hydrogen) atoms. The van der Waals surface area contributed by atoms with Gasteiger partial charge in [0.1, 0.15) is 0 Å². The molecule has 0 rings (SSSR count). The monoisotopic (exact) mass is 178 g/mol. The van der Waals surface area contributed by atoms with Crippen LogP contribution in [0, 0.1) is 0 Å². The molecule has 0 fully saturated rings. The van der Waals surface area contributed by atoms with Crippen LogP contribution in [-0.2, 0) is 4.79 Å². The smallest absolute Gasteiger partial charge is 0.213 e. The maximum atomic E-state index is 10.2. The van der Waals surface area contributed by atoms with Crippen LogP contribution in [0.15, 0.2) is 12.4 Å². The predicted molar refractivity (Wildman–Crippen MR) is 47.3 cm³/mol. The Morgan fingerprint density at radius 3 is 2.90 bits per heavy atom. The van der Waals surface area contributed by atoms with Gasteiger partial charge >= 0.3 is 0 Å². The molecule has 0 aromatic carbocycles. The maximum absolute atomic E-state index is 10.2. The number of hydrogen-bond acceptors (Lipinski definition) is 4. The van der Waals surface area contributed by atoms with Gasteiger partial charge < -0.3 is 9.62 Å². The van der Waals surface area contributed by atoms with Gasteiger partial charge in [-0.3, -0.25) is 4.79 Å². The molecule has 58 valence electrons. The van der Waals surface area contributed by atoms with E-state index in [1.54, 1.807) is 12.4 Å². The molecule has 0 spiro atoms. The third-order valence-electron chi connectivity index (χ3n) is 0.887. The minimum Gasteiger partial charge on any atom is -0.326 e. The topological polar surface area (TPSA) is 32.3 Å². The van der Waals surface area contributed by atoms with Crippen LogP contribution in [0.2, 0.25) is 0 Å². The molecule has 5 heteroatoms. The van der Waals surface area contributed by atoms with E-state index in [0.717, 1.165) is 6.41 Å². The molecule has 0 aliphatic carbocycles. The Labute approximate surface area is 69.8 Å². The van der Waals surface area contributed by atoms with E-state index in [-0.39, 0.29) is 0 Å². The van der Waals surface area contributed by atoms with Crippen LogP contribution in [0.1, 0.15) is 6.92 Å². The van der Waals surface area contributed by atoms with Gasteiger partial charge in [0.15, 0.2) is 0 Å². The number of amides is 1. The van der Waals surface area contributed by atoms with E-state index in [1.807, 2.05) is 6.92 Å². The molecule has 0 saturated carbocycles. The van der Waals surface area contributed by atoms with Gasteiger partial charge in [0, 0.05) is 29.9 Å². The summed E-state index contributed by atoms with van der Waals surface area (Å²) >= 11 is 3.83. The molecule has 0 aliphatic rings. The first kappa shape index (κ1) is 9.71. The number of nitrogens with zero attached hydrogens (tertiary/aromatic N) is 1. The third kappa shape index (κ3) is 4.58. The van der Waals surface area contributed by atoms with Crippen molar-refractivity contribution in [2.24, 2.45) is 0 Å². The molecule has 0 aromatic rings. The lowest BCUT2D eigenvalue weighted by atomic mass is 10.6. The van der Waals surface area contributed by atoms with Gasteiger partial charge in [-0.25, -0.2) is 0 Å². The van der Waals surface area contributed by atoms with E-state index in [2.05, 4.69) is 16.4 Å². The minimum absolute atomic E-state index is 0.679. The summed E-state index contributed by atoms with van der Waals surface area (Å²) in [6, 6.07) is 0. The van der Waals surface area contributed by atoms with Crippen molar-refractivity contribution in [2.75, 3.05) is 6.54 Å². The van der Waals surface area contributed by atoms with Crippen LogP contribution in [-0.4, -0.2) is 17.9 Å². The number of thiol groups is 1. The number of carbonyl (C=O) groups excluding carboxylic acids is 1. The standard InChI is InChI=1S/C5H10N2OS2/c1-2-7(5-8)4-3-6-10-9/h3-6,9H,2H2,1H3. The van der Waals surface area contributed by atoms with E-state index >= 15 is 0 Å². The van der Waals surface area contributed by atoms with Crippen LogP contribution in [0.5, 0.6) is 0 Å². The van der Waals surface area contributed by atoms with Gasteiger partial charge in [-0.15, -0.1) is 0 Å². The lowest BCUT2D eigenvalue weighted by Gasteiger charge is -2.06. The summed E-state index contributed by atoms with van der Waals surface area (Å²) in [5, 5.41) is 0. The zero-order valence-electron chi connectivity index (χ0n) is 5.65. The summed E-state index contributed by atoms with van der Waals surface area (Å²) in [7, 11) is 1.18. The highest BCUT2D eigenvalue weighted by Gasteiger charge is 1.87. The molecular weight excluding hydrogens is 168 g/mol. The summed E-state index contributed by atoms with van der Waals surface area (Å²) in [5.74, 6) is 0. The average molecular weight is 178 g/mol. The van der Waals surface area contributed by atoms with Crippen LogP contribution >= 0.6 is 22.6 Å². The van der Waals surface area contributed by atoms with Crippen molar-refractivity contribution < 1.29 is 4.79 Å². The minimum atomic E-state index is 0.679. The summed E-state index contributed by atoms with van der Waals surface area (Å²) in [6.07, 6.45) is 4.06. The largest absolute Gasteiger partial charge is 0.326 e. The van der Waals surface area contributed by atoms with Gasteiger partial charge in [0.25, 0.3) is 0 Å². The molecule has 0 atom stereocenters. The van der Waals surface area contributed by atoms with Crippen molar-refractivity contribution in [1.29, 1.82) is 0 Å². The third-order valence-corrected chi connectivity index (χ3v) is 1.45. The normalized spacial score (nSPS) is 9.80. The number of nitrogens with one attached hydrogen (secondary N) is 1. The van der Waals surface area contributed by atoms with E-state index in [4.69, 9.17) is 0 Å². The summed E-state index contributed by atoms with van der Waals surface area (Å²) in [5.41, 5.74) is 0. The van der Waals surface area contributed by atoms with Gasteiger partial charge in [-0.2, -0.15) is 0 Å². The molecule has 0 aromatic heterocycles. The average Bonchev–Trinajstić information content (AvgIpc) is 1.99. The van der Waals surface area contributed by atoms with Gasteiger partial charge in [-0.1, -0.05) is 11.7 Å². The maximum Gasteiger partial charge on any atom is 0.213 e. The first-order valence-corrected chi connectivity index (χ1v) is 4.65. The highest BCUT2D eigenvalue weighted by molar-refractivity contribution is 8.67. The van der Waals surface area contributed by atoms with Crippen molar-refractivity contribution in [1.82, 2.24) is 9.62 Å². The quantitative estimate of drug-likeness (QED) is 0.285. The Balaban J connectivity index is 3.50. The Hall–Kier alpha value is -0.290. The van der Waals surface area contributed by atoms with Gasteiger partial charge in [-0.05, 0) is 6.92 Å². The van der Waals surface area contributed by atoms with Crippen molar-refractivity contribution in [3.05, 3.63) is 12.4 Å². The summed E-state index contributed by atoms with van der Waals surface area (Å²) in [4.78, 5) is 11.7. The molecule has 3 nitrogen and oxygen atoms in total. The Kier molecular flexibility index (Phi) is 6.63. The Morgan fingerprint density at radius 2 is 2.50 bits per heavy atom. The van der Waals surface area contributed by atoms with Crippen LogP contribution in [0.25, 0.3) is 0 Å². The molecule has 0 aliphatic heterocycles. The second kappa shape index (κ2) is 6.82. The second-order valence-electron chi connectivity index (χ2n) is 1.46. The SMILES string of the molecule is CCN(C=O)C=CNSS. The Morgan fingerprint density at radius 1 is 1.80 bits per heavy atom. The predicted octanol–water partition coefficient (Wildman–Crippen LogP) is 1.02. The van der Waals surface area contributed by atoms with Crippen LogP contribution < -0.4 is 4.72 Å². The van der Waals surface area contributed by atoms with Gasteiger partial charge in [0.2, 0.25) is 6.41 Å². The van der Waals surface area contributed by atoms with E-state index in [9.17, 15) is 4.79 Å². The fourth-order valence-electron chi connectivity index (χ4n) is 0.372.